The normalized spacial score (nSPS) is 12.6. The minimum atomic E-state index is -0.0245. The first-order chi connectivity index (χ1) is 9.67. The summed E-state index contributed by atoms with van der Waals surface area (Å²) in [5, 5.41) is 8.26. The number of nitrogens with zero attached hydrogens (tertiary/aromatic N) is 3. The molecule has 0 aliphatic heterocycles. The van der Waals surface area contributed by atoms with Gasteiger partial charge in [0.05, 0.1) is 36.1 Å². The molecule has 108 valence electrons. The van der Waals surface area contributed by atoms with Crippen LogP contribution in [-0.4, -0.2) is 35.5 Å². The summed E-state index contributed by atoms with van der Waals surface area (Å²) in [5.41, 5.74) is 3.03. The average molecular weight is 295 g/mol. The topological polar surface area (TPSA) is 52.0 Å². The molecule has 20 heavy (non-hydrogen) atoms. The summed E-state index contributed by atoms with van der Waals surface area (Å²) in [4.78, 5) is 4.23. The number of methoxy groups -OCH3 is 1. The molecule has 1 N–H and O–H groups in total. The highest BCUT2D eigenvalue weighted by Gasteiger charge is 2.20. The minimum absolute atomic E-state index is 0.0245. The zero-order valence-corrected chi connectivity index (χ0v) is 12.7. The Morgan fingerprint density at radius 3 is 2.95 bits per heavy atom. The van der Waals surface area contributed by atoms with E-state index in [0.717, 1.165) is 17.0 Å². The Bertz CT molecular complexity index is 570. The van der Waals surface area contributed by atoms with Crippen molar-refractivity contribution in [2.45, 2.75) is 19.5 Å². The molecular formula is C14H19ClN4O. The number of pyridine rings is 1. The van der Waals surface area contributed by atoms with Crippen LogP contribution in [0.15, 0.2) is 24.5 Å². The number of hydrogen-bond donors (Lipinski definition) is 1. The Kier molecular flexibility index (Phi) is 5.11. The average Bonchev–Trinajstić information content (AvgIpc) is 2.79. The van der Waals surface area contributed by atoms with Gasteiger partial charge in [-0.05, 0) is 31.7 Å². The van der Waals surface area contributed by atoms with Crippen LogP contribution >= 0.6 is 11.6 Å². The van der Waals surface area contributed by atoms with E-state index >= 15 is 0 Å². The molecule has 0 bridgehead atoms. The summed E-state index contributed by atoms with van der Waals surface area (Å²) < 4.78 is 6.99. The quantitative estimate of drug-likeness (QED) is 0.887. The lowest BCUT2D eigenvalue weighted by Gasteiger charge is -2.19. The fourth-order valence-corrected chi connectivity index (χ4v) is 2.47. The highest BCUT2D eigenvalue weighted by atomic mass is 35.5. The summed E-state index contributed by atoms with van der Waals surface area (Å²) in [7, 11) is 3.58. The fraction of sp³-hybridized carbons (Fsp3) is 0.429. The van der Waals surface area contributed by atoms with Crippen LogP contribution in [0, 0.1) is 6.92 Å². The molecule has 0 amide bonds. The summed E-state index contributed by atoms with van der Waals surface area (Å²) in [6.45, 7) is 3.23. The number of ether oxygens (including phenoxy) is 1. The molecule has 0 aromatic carbocycles. The van der Waals surface area contributed by atoms with Gasteiger partial charge in [-0.25, -0.2) is 0 Å². The lowest BCUT2D eigenvalue weighted by atomic mass is 10.0. The van der Waals surface area contributed by atoms with Crippen LogP contribution in [0.4, 0.5) is 0 Å². The number of hydrogen-bond acceptors (Lipinski definition) is 4. The zero-order valence-electron chi connectivity index (χ0n) is 11.9. The highest BCUT2D eigenvalue weighted by molar-refractivity contribution is 6.31. The van der Waals surface area contributed by atoms with Gasteiger partial charge >= 0.3 is 0 Å². The lowest BCUT2D eigenvalue weighted by molar-refractivity contribution is 0.182. The summed E-state index contributed by atoms with van der Waals surface area (Å²) in [6, 6.07) is 4.01. The van der Waals surface area contributed by atoms with E-state index in [2.05, 4.69) is 15.4 Å². The van der Waals surface area contributed by atoms with E-state index < -0.39 is 0 Å². The molecule has 1 unspecified atom stereocenters. The van der Waals surface area contributed by atoms with Crippen LogP contribution in [0.25, 0.3) is 0 Å². The molecule has 0 aliphatic rings. The Balaban J connectivity index is 2.38. The van der Waals surface area contributed by atoms with Crippen molar-refractivity contribution in [3.8, 4) is 0 Å². The second kappa shape index (κ2) is 6.83. The first-order valence-corrected chi connectivity index (χ1v) is 6.85. The van der Waals surface area contributed by atoms with Crippen molar-refractivity contribution in [2.75, 3.05) is 20.8 Å². The highest BCUT2D eigenvalue weighted by Crippen LogP contribution is 2.28. The van der Waals surface area contributed by atoms with Crippen molar-refractivity contribution in [3.05, 3.63) is 46.5 Å². The standard InChI is InChI=1S/C14H19ClN4O/c1-10-8-11(4-5-17-10)13(16-2)14-12(15)9-18-19(14)6-7-20-3/h4-5,8-9,13,16H,6-7H2,1-3H3. The molecule has 0 saturated heterocycles. The van der Waals surface area contributed by atoms with Gasteiger partial charge in [-0.1, -0.05) is 11.6 Å². The van der Waals surface area contributed by atoms with Crippen molar-refractivity contribution < 1.29 is 4.74 Å². The maximum Gasteiger partial charge on any atom is 0.0837 e. The van der Waals surface area contributed by atoms with Crippen molar-refractivity contribution in [1.82, 2.24) is 20.1 Å². The molecule has 2 rings (SSSR count). The lowest BCUT2D eigenvalue weighted by Crippen LogP contribution is -2.23. The van der Waals surface area contributed by atoms with Gasteiger partial charge in [-0.2, -0.15) is 5.10 Å². The van der Waals surface area contributed by atoms with E-state index in [-0.39, 0.29) is 6.04 Å². The molecule has 6 heteroatoms. The maximum atomic E-state index is 6.31. The van der Waals surface area contributed by atoms with Gasteiger partial charge in [0.15, 0.2) is 0 Å². The maximum absolute atomic E-state index is 6.31. The predicted octanol–water partition coefficient (Wildman–Crippen LogP) is 2.20. The smallest absolute Gasteiger partial charge is 0.0837 e. The number of aromatic nitrogens is 3. The third-order valence-electron chi connectivity index (χ3n) is 3.16. The van der Waals surface area contributed by atoms with Crippen molar-refractivity contribution in [3.63, 3.8) is 0 Å². The Hall–Kier alpha value is -1.43. The Morgan fingerprint density at radius 2 is 2.30 bits per heavy atom. The van der Waals surface area contributed by atoms with Gasteiger partial charge in [0, 0.05) is 19.0 Å². The molecule has 0 radical (unpaired) electrons. The Labute approximate surface area is 123 Å². The molecule has 0 saturated carbocycles. The van der Waals surface area contributed by atoms with Gasteiger partial charge in [0.1, 0.15) is 0 Å². The van der Waals surface area contributed by atoms with E-state index in [1.54, 1.807) is 19.5 Å². The van der Waals surface area contributed by atoms with Gasteiger partial charge < -0.3 is 10.1 Å². The third-order valence-corrected chi connectivity index (χ3v) is 3.45. The van der Waals surface area contributed by atoms with Crippen LogP contribution in [0.3, 0.4) is 0 Å². The number of aryl methyl sites for hydroxylation is 1. The molecular weight excluding hydrogens is 276 g/mol. The van der Waals surface area contributed by atoms with E-state index in [1.807, 2.05) is 30.8 Å². The molecule has 2 aromatic heterocycles. The monoisotopic (exact) mass is 294 g/mol. The van der Waals surface area contributed by atoms with Crippen LogP contribution in [0.2, 0.25) is 5.02 Å². The molecule has 1 atom stereocenters. The minimum Gasteiger partial charge on any atom is -0.383 e. The van der Waals surface area contributed by atoms with E-state index in [4.69, 9.17) is 16.3 Å². The van der Waals surface area contributed by atoms with Gasteiger partial charge in [0.2, 0.25) is 0 Å². The van der Waals surface area contributed by atoms with Crippen molar-refractivity contribution >= 4 is 11.6 Å². The number of halogens is 1. The van der Waals surface area contributed by atoms with Crippen molar-refractivity contribution in [2.24, 2.45) is 0 Å². The van der Waals surface area contributed by atoms with Crippen LogP contribution in [0.5, 0.6) is 0 Å². The van der Waals surface area contributed by atoms with Gasteiger partial charge in [-0.15, -0.1) is 0 Å². The van der Waals surface area contributed by atoms with Crippen LogP contribution < -0.4 is 5.32 Å². The second-order valence-electron chi connectivity index (χ2n) is 4.55. The van der Waals surface area contributed by atoms with E-state index in [0.29, 0.717) is 18.2 Å². The third kappa shape index (κ3) is 3.17. The Morgan fingerprint density at radius 1 is 1.50 bits per heavy atom. The molecule has 0 aliphatic carbocycles. The molecule has 0 spiro atoms. The summed E-state index contributed by atoms with van der Waals surface area (Å²) in [6.07, 6.45) is 3.48. The number of rotatable bonds is 6. The zero-order chi connectivity index (χ0) is 14.5. The summed E-state index contributed by atoms with van der Waals surface area (Å²) in [5.74, 6) is 0. The summed E-state index contributed by atoms with van der Waals surface area (Å²) >= 11 is 6.31. The second-order valence-corrected chi connectivity index (χ2v) is 4.95. The van der Waals surface area contributed by atoms with Gasteiger partial charge in [0.25, 0.3) is 0 Å². The first-order valence-electron chi connectivity index (χ1n) is 6.47. The fourth-order valence-electron chi connectivity index (χ4n) is 2.22. The number of nitrogens with one attached hydrogen (secondary N) is 1. The van der Waals surface area contributed by atoms with E-state index in [1.165, 1.54) is 0 Å². The first kappa shape index (κ1) is 15.0. The SMILES string of the molecule is CNC(c1ccnc(C)c1)c1c(Cl)cnn1CCOC. The largest absolute Gasteiger partial charge is 0.383 e. The van der Waals surface area contributed by atoms with Gasteiger partial charge in [-0.3, -0.25) is 9.67 Å². The van der Waals surface area contributed by atoms with Crippen LogP contribution in [-0.2, 0) is 11.3 Å². The molecule has 2 aromatic rings. The molecule has 2 heterocycles. The van der Waals surface area contributed by atoms with E-state index in [9.17, 15) is 0 Å². The molecule has 5 nitrogen and oxygen atoms in total. The molecule has 0 fully saturated rings. The van der Waals surface area contributed by atoms with Crippen molar-refractivity contribution in [1.29, 1.82) is 0 Å². The van der Waals surface area contributed by atoms with Crippen LogP contribution in [0.1, 0.15) is 23.0 Å². The predicted molar refractivity (Wildman–Crippen MR) is 79.0 cm³/mol.